The Labute approximate surface area is 241 Å². The van der Waals surface area contributed by atoms with E-state index in [0.29, 0.717) is 29.8 Å². The van der Waals surface area contributed by atoms with Gasteiger partial charge in [0.2, 0.25) is 0 Å². The standard InChI is InChI=1S/C37H34N2S/c1-4-10-32-25(7-1)26-8-2-5-11-33(26)38(32)23-14-17-35-30(20-23)31-21-24(15-18-36(31)40-35)39-34-12-6-3-9-27(34)28-16-13-22-19-29(22)37(28)39/h1,3-5,7,9-11,13-18,20,22,25,28-29,31-32,37H,2,6,8,12,19,21H2. The zero-order valence-electron chi connectivity index (χ0n) is 22.7. The molecule has 7 unspecified atom stereocenters. The minimum absolute atomic E-state index is 0.402. The fraction of sp³-hybridized carbons (Fsp3) is 0.351. The second-order valence-electron chi connectivity index (χ2n) is 13.0. The molecule has 9 aliphatic rings. The fourth-order valence-electron chi connectivity index (χ4n) is 9.19. The number of rotatable bonds is 2. The van der Waals surface area contributed by atoms with Crippen LogP contribution in [0.5, 0.6) is 0 Å². The van der Waals surface area contributed by atoms with Gasteiger partial charge in [0, 0.05) is 51.5 Å². The minimum Gasteiger partial charge on any atom is -0.344 e. The van der Waals surface area contributed by atoms with Gasteiger partial charge in [-0.1, -0.05) is 66.4 Å². The SMILES string of the molecule is C1=CC2C3=C(C=CCC3)N(c3ccc4c(c3)C3CC(N5C6=C(C=CCC6)C6C=CC7CC7C65)=CC=C3S4)C2C=C1. The van der Waals surface area contributed by atoms with Gasteiger partial charge >= 0.3 is 0 Å². The zero-order chi connectivity index (χ0) is 25.9. The van der Waals surface area contributed by atoms with E-state index >= 15 is 0 Å². The Hall–Kier alpha value is -3.17. The molecule has 10 rings (SSSR count). The lowest BCUT2D eigenvalue weighted by Crippen LogP contribution is -2.37. The van der Waals surface area contributed by atoms with Gasteiger partial charge < -0.3 is 9.80 Å². The van der Waals surface area contributed by atoms with E-state index in [1.165, 1.54) is 53.3 Å². The molecule has 198 valence electrons. The number of thioether (sulfide) groups is 1. The molecule has 1 aromatic carbocycles. The van der Waals surface area contributed by atoms with Crippen LogP contribution < -0.4 is 4.90 Å². The van der Waals surface area contributed by atoms with Crippen LogP contribution in [0, 0.1) is 23.7 Å². The number of benzene rings is 1. The van der Waals surface area contributed by atoms with Gasteiger partial charge in [0.1, 0.15) is 0 Å². The van der Waals surface area contributed by atoms with Crippen molar-refractivity contribution in [3.05, 3.63) is 130 Å². The largest absolute Gasteiger partial charge is 0.344 e. The van der Waals surface area contributed by atoms with Gasteiger partial charge in [0.15, 0.2) is 0 Å². The Bertz CT molecular complexity index is 1640. The van der Waals surface area contributed by atoms with Gasteiger partial charge in [-0.25, -0.2) is 0 Å². The Morgan fingerprint density at radius 2 is 1.77 bits per heavy atom. The molecule has 0 amide bonds. The van der Waals surface area contributed by atoms with Crippen molar-refractivity contribution in [1.82, 2.24) is 4.90 Å². The van der Waals surface area contributed by atoms with E-state index in [4.69, 9.17) is 0 Å². The highest BCUT2D eigenvalue weighted by Gasteiger charge is 2.54. The number of fused-ring (bicyclic) bond motifs is 9. The average molecular weight is 539 g/mol. The van der Waals surface area contributed by atoms with E-state index in [1.54, 1.807) is 28.1 Å². The van der Waals surface area contributed by atoms with Gasteiger partial charge in [0.25, 0.3) is 0 Å². The molecule has 0 bridgehead atoms. The summed E-state index contributed by atoms with van der Waals surface area (Å²) < 4.78 is 0. The average Bonchev–Trinajstić information content (AvgIpc) is 3.45. The second kappa shape index (κ2) is 8.19. The summed E-state index contributed by atoms with van der Waals surface area (Å²) in [4.78, 5) is 8.49. The maximum absolute atomic E-state index is 2.85. The van der Waals surface area contributed by atoms with Crippen LogP contribution in [-0.4, -0.2) is 17.0 Å². The van der Waals surface area contributed by atoms with Crippen LogP contribution in [-0.2, 0) is 0 Å². The zero-order valence-corrected chi connectivity index (χ0v) is 23.6. The normalized spacial score (nSPS) is 37.0. The third-order valence-electron chi connectivity index (χ3n) is 11.0. The van der Waals surface area contributed by atoms with Gasteiger partial charge in [-0.2, -0.15) is 0 Å². The summed E-state index contributed by atoms with van der Waals surface area (Å²) in [7, 11) is 0. The molecule has 40 heavy (non-hydrogen) atoms. The number of nitrogens with zero attached hydrogens (tertiary/aromatic N) is 2. The van der Waals surface area contributed by atoms with Crippen LogP contribution in [0.3, 0.4) is 0 Å². The number of anilines is 1. The monoisotopic (exact) mass is 538 g/mol. The molecule has 1 saturated carbocycles. The van der Waals surface area contributed by atoms with E-state index in [2.05, 4.69) is 101 Å². The first-order valence-electron chi connectivity index (χ1n) is 15.5. The Balaban J connectivity index is 1.01. The van der Waals surface area contributed by atoms with Crippen molar-refractivity contribution in [3.63, 3.8) is 0 Å². The van der Waals surface area contributed by atoms with Crippen LogP contribution >= 0.6 is 11.8 Å². The lowest BCUT2D eigenvalue weighted by atomic mass is 9.84. The van der Waals surface area contributed by atoms with E-state index in [0.717, 1.165) is 18.3 Å². The van der Waals surface area contributed by atoms with Crippen molar-refractivity contribution in [3.8, 4) is 0 Å². The number of hydrogen-bond donors (Lipinski definition) is 0. The smallest absolute Gasteiger partial charge is 0.0626 e. The van der Waals surface area contributed by atoms with Crippen molar-refractivity contribution in [2.24, 2.45) is 23.7 Å². The molecular formula is C37H34N2S. The quantitative estimate of drug-likeness (QED) is 0.348. The molecule has 2 nitrogen and oxygen atoms in total. The highest BCUT2D eigenvalue weighted by Crippen LogP contribution is 2.60. The fourth-order valence-corrected chi connectivity index (χ4v) is 10.4. The first-order chi connectivity index (χ1) is 19.8. The van der Waals surface area contributed by atoms with E-state index < -0.39 is 0 Å². The van der Waals surface area contributed by atoms with Crippen molar-refractivity contribution >= 4 is 17.4 Å². The molecule has 0 saturated heterocycles. The van der Waals surface area contributed by atoms with E-state index in [9.17, 15) is 0 Å². The van der Waals surface area contributed by atoms with Crippen molar-refractivity contribution in [2.75, 3.05) is 4.90 Å². The molecule has 7 atom stereocenters. The molecule has 1 fully saturated rings. The molecule has 0 N–H and O–H groups in total. The van der Waals surface area contributed by atoms with Gasteiger partial charge in [-0.05, 0) is 108 Å². The summed E-state index contributed by atoms with van der Waals surface area (Å²) >= 11 is 2.01. The van der Waals surface area contributed by atoms with Crippen molar-refractivity contribution in [2.45, 2.75) is 61.4 Å². The number of allylic oxidation sites excluding steroid dienone is 12. The first-order valence-corrected chi connectivity index (χ1v) is 16.3. The van der Waals surface area contributed by atoms with Gasteiger partial charge in [-0.3, -0.25) is 0 Å². The molecule has 0 aromatic heterocycles. The minimum atomic E-state index is 0.402. The predicted octanol–water partition coefficient (Wildman–Crippen LogP) is 8.69. The summed E-state index contributed by atoms with van der Waals surface area (Å²) in [5.41, 5.74) is 10.8. The third-order valence-corrected chi connectivity index (χ3v) is 12.3. The Morgan fingerprint density at radius 3 is 2.77 bits per heavy atom. The number of hydrogen-bond acceptors (Lipinski definition) is 3. The molecule has 1 aromatic rings. The maximum Gasteiger partial charge on any atom is 0.0626 e. The van der Waals surface area contributed by atoms with Crippen LogP contribution in [0.15, 0.2) is 129 Å². The lowest BCUT2D eigenvalue weighted by Gasteiger charge is -2.37. The first kappa shape index (κ1) is 22.5. The maximum atomic E-state index is 2.85. The molecular weight excluding hydrogens is 504 g/mol. The predicted molar refractivity (Wildman–Crippen MR) is 165 cm³/mol. The van der Waals surface area contributed by atoms with Crippen LogP contribution in [0.2, 0.25) is 0 Å². The lowest BCUT2D eigenvalue weighted by molar-refractivity contribution is 0.254. The van der Waals surface area contributed by atoms with Crippen molar-refractivity contribution in [1.29, 1.82) is 0 Å². The van der Waals surface area contributed by atoms with E-state index in [-0.39, 0.29) is 0 Å². The molecule has 6 aliphatic carbocycles. The summed E-state index contributed by atoms with van der Waals surface area (Å²) in [6.07, 6.45) is 36.3. The highest BCUT2D eigenvalue weighted by molar-refractivity contribution is 8.03. The van der Waals surface area contributed by atoms with Gasteiger partial charge in [-0.15, -0.1) is 0 Å². The summed E-state index contributed by atoms with van der Waals surface area (Å²) in [6.45, 7) is 0. The Morgan fingerprint density at radius 1 is 0.850 bits per heavy atom. The summed E-state index contributed by atoms with van der Waals surface area (Å²) in [6, 6.07) is 8.39. The summed E-state index contributed by atoms with van der Waals surface area (Å²) in [5, 5.41) is 0. The van der Waals surface area contributed by atoms with Gasteiger partial charge in [0.05, 0.1) is 6.04 Å². The molecule has 3 aliphatic heterocycles. The Kier molecular flexibility index (Phi) is 4.61. The summed E-state index contributed by atoms with van der Waals surface area (Å²) in [5.74, 6) is 3.23. The molecule has 3 heterocycles. The molecule has 0 radical (unpaired) electrons. The van der Waals surface area contributed by atoms with Crippen LogP contribution in [0.25, 0.3) is 0 Å². The molecule has 0 spiro atoms. The van der Waals surface area contributed by atoms with Crippen molar-refractivity contribution < 1.29 is 0 Å². The topological polar surface area (TPSA) is 6.48 Å². The second-order valence-corrected chi connectivity index (χ2v) is 14.1. The van der Waals surface area contributed by atoms with E-state index in [1.807, 2.05) is 11.8 Å². The third kappa shape index (κ3) is 3.02. The molecule has 3 heteroatoms. The van der Waals surface area contributed by atoms with Crippen LogP contribution in [0.1, 0.15) is 50.0 Å². The highest BCUT2D eigenvalue weighted by atomic mass is 32.2. The van der Waals surface area contributed by atoms with Crippen LogP contribution in [0.4, 0.5) is 5.69 Å².